The van der Waals surface area contributed by atoms with Crippen LogP contribution in [0.3, 0.4) is 0 Å². The van der Waals surface area contributed by atoms with Crippen molar-refractivity contribution in [2.45, 2.75) is 78.6 Å². The van der Waals surface area contributed by atoms with Gasteiger partial charge < -0.3 is 5.32 Å². The molecule has 1 aromatic heterocycles. The van der Waals surface area contributed by atoms with Gasteiger partial charge in [-0.1, -0.05) is 77.5 Å². The predicted molar refractivity (Wildman–Crippen MR) is 115 cm³/mol. The number of unbranched alkanes of at least 4 members (excludes halogenated alkanes) is 6. The van der Waals surface area contributed by atoms with Crippen LogP contribution in [0.2, 0.25) is 0 Å². The predicted octanol–water partition coefficient (Wildman–Crippen LogP) is 6.55. The minimum Gasteiger partial charge on any atom is -0.384 e. The van der Waals surface area contributed by atoms with Crippen molar-refractivity contribution in [3.8, 4) is 0 Å². The fourth-order valence-electron chi connectivity index (χ4n) is 4.21. The maximum atomic E-state index is 12.9. The number of carbonyl (C=O) groups excluding carboxylic acids is 1. The van der Waals surface area contributed by atoms with Gasteiger partial charge in [-0.15, -0.1) is 0 Å². The molecule has 146 valence electrons. The van der Waals surface area contributed by atoms with E-state index >= 15 is 0 Å². The SMILES string of the molecule is CCCCCCCCCNc1c2c(nc3ccccc13)CC(C)(C)CC2=O. The molecule has 0 saturated heterocycles. The number of para-hydroxylation sites is 1. The Kier molecular flexibility index (Phi) is 6.51. The lowest BCUT2D eigenvalue weighted by atomic mass is 9.75. The van der Waals surface area contributed by atoms with Crippen LogP contribution in [-0.2, 0) is 6.42 Å². The molecule has 0 aliphatic heterocycles. The van der Waals surface area contributed by atoms with Crippen LogP contribution < -0.4 is 5.32 Å². The zero-order valence-corrected chi connectivity index (χ0v) is 17.2. The number of ketones is 1. The lowest BCUT2D eigenvalue weighted by Gasteiger charge is -2.31. The lowest BCUT2D eigenvalue weighted by molar-refractivity contribution is 0.0911. The molecule has 27 heavy (non-hydrogen) atoms. The van der Waals surface area contributed by atoms with Crippen molar-refractivity contribution in [2.24, 2.45) is 5.41 Å². The van der Waals surface area contributed by atoms with Crippen molar-refractivity contribution < 1.29 is 4.79 Å². The van der Waals surface area contributed by atoms with Gasteiger partial charge in [-0.25, -0.2) is 0 Å². The van der Waals surface area contributed by atoms with Crippen LogP contribution in [0.25, 0.3) is 10.9 Å². The molecule has 1 aromatic carbocycles. The summed E-state index contributed by atoms with van der Waals surface area (Å²) in [6.07, 6.45) is 10.5. The summed E-state index contributed by atoms with van der Waals surface area (Å²) in [6, 6.07) is 8.20. The van der Waals surface area contributed by atoms with Crippen LogP contribution in [0.15, 0.2) is 24.3 Å². The van der Waals surface area contributed by atoms with Gasteiger partial charge in [0.2, 0.25) is 0 Å². The number of nitrogens with one attached hydrogen (secondary N) is 1. The van der Waals surface area contributed by atoms with E-state index in [4.69, 9.17) is 4.98 Å². The van der Waals surface area contributed by atoms with E-state index in [-0.39, 0.29) is 11.2 Å². The Labute approximate surface area is 164 Å². The Morgan fingerprint density at radius 1 is 1.00 bits per heavy atom. The summed E-state index contributed by atoms with van der Waals surface area (Å²) in [5.74, 6) is 0.238. The van der Waals surface area contributed by atoms with Gasteiger partial charge in [0, 0.05) is 18.4 Å². The molecular weight excluding hydrogens is 332 g/mol. The average Bonchev–Trinajstić information content (AvgIpc) is 2.62. The zero-order chi connectivity index (χ0) is 19.3. The van der Waals surface area contributed by atoms with E-state index in [2.05, 4.69) is 38.2 Å². The molecule has 0 bridgehead atoms. The summed E-state index contributed by atoms with van der Waals surface area (Å²) in [4.78, 5) is 17.8. The van der Waals surface area contributed by atoms with Crippen LogP contribution >= 0.6 is 0 Å². The second-order valence-electron chi connectivity index (χ2n) is 8.81. The molecule has 3 nitrogen and oxygen atoms in total. The van der Waals surface area contributed by atoms with Crippen molar-refractivity contribution in [2.75, 3.05) is 11.9 Å². The van der Waals surface area contributed by atoms with E-state index in [0.717, 1.165) is 47.2 Å². The van der Waals surface area contributed by atoms with Gasteiger partial charge in [0.25, 0.3) is 0 Å². The van der Waals surface area contributed by atoms with Crippen molar-refractivity contribution in [3.63, 3.8) is 0 Å². The number of anilines is 1. The summed E-state index contributed by atoms with van der Waals surface area (Å²) in [5, 5.41) is 4.69. The summed E-state index contributed by atoms with van der Waals surface area (Å²) in [5.41, 5.74) is 3.81. The zero-order valence-electron chi connectivity index (χ0n) is 17.2. The van der Waals surface area contributed by atoms with E-state index in [9.17, 15) is 4.79 Å². The van der Waals surface area contributed by atoms with Crippen molar-refractivity contribution in [1.82, 2.24) is 4.98 Å². The van der Waals surface area contributed by atoms with Crippen LogP contribution in [-0.4, -0.2) is 17.3 Å². The molecule has 3 heteroatoms. The molecule has 0 spiro atoms. The highest BCUT2D eigenvalue weighted by molar-refractivity contribution is 6.10. The monoisotopic (exact) mass is 366 g/mol. The quantitative estimate of drug-likeness (QED) is 0.511. The second kappa shape index (κ2) is 8.86. The Hall–Kier alpha value is -1.90. The lowest BCUT2D eigenvalue weighted by Crippen LogP contribution is -2.29. The largest absolute Gasteiger partial charge is 0.384 e. The van der Waals surface area contributed by atoms with Gasteiger partial charge in [0.15, 0.2) is 5.78 Å². The molecule has 0 amide bonds. The first-order chi connectivity index (χ1) is 13.0. The number of Topliss-reactive ketones (excluding diaryl/α,β-unsaturated/α-hetero) is 1. The Morgan fingerprint density at radius 2 is 1.70 bits per heavy atom. The van der Waals surface area contributed by atoms with E-state index < -0.39 is 0 Å². The van der Waals surface area contributed by atoms with Gasteiger partial charge in [0.1, 0.15) is 0 Å². The molecule has 1 N–H and O–H groups in total. The fourth-order valence-corrected chi connectivity index (χ4v) is 4.21. The van der Waals surface area contributed by atoms with Gasteiger partial charge in [-0.3, -0.25) is 9.78 Å². The van der Waals surface area contributed by atoms with E-state index in [1.807, 2.05) is 12.1 Å². The smallest absolute Gasteiger partial charge is 0.167 e. The number of rotatable bonds is 9. The maximum Gasteiger partial charge on any atom is 0.167 e. The number of carbonyl (C=O) groups is 1. The van der Waals surface area contributed by atoms with Crippen LogP contribution in [0.5, 0.6) is 0 Å². The van der Waals surface area contributed by atoms with Gasteiger partial charge >= 0.3 is 0 Å². The highest BCUT2D eigenvalue weighted by atomic mass is 16.1. The molecule has 0 unspecified atom stereocenters. The highest BCUT2D eigenvalue weighted by Gasteiger charge is 2.34. The molecule has 0 radical (unpaired) electrons. The van der Waals surface area contributed by atoms with E-state index in [0.29, 0.717) is 6.42 Å². The molecule has 0 fully saturated rings. The number of nitrogens with zero attached hydrogens (tertiary/aromatic N) is 1. The van der Waals surface area contributed by atoms with E-state index in [1.54, 1.807) is 0 Å². The van der Waals surface area contributed by atoms with Gasteiger partial charge in [-0.2, -0.15) is 0 Å². The van der Waals surface area contributed by atoms with Gasteiger partial charge in [-0.05, 0) is 24.3 Å². The molecule has 3 rings (SSSR count). The number of benzene rings is 1. The van der Waals surface area contributed by atoms with Crippen LogP contribution in [0.4, 0.5) is 5.69 Å². The minimum atomic E-state index is -0.00466. The summed E-state index contributed by atoms with van der Waals surface area (Å²) < 4.78 is 0. The van der Waals surface area contributed by atoms with Crippen LogP contribution in [0.1, 0.15) is 88.2 Å². The summed E-state index contributed by atoms with van der Waals surface area (Å²) in [6.45, 7) is 7.50. The van der Waals surface area contributed by atoms with E-state index in [1.165, 1.54) is 38.5 Å². The first-order valence-electron chi connectivity index (χ1n) is 10.7. The number of aromatic nitrogens is 1. The van der Waals surface area contributed by atoms with Crippen LogP contribution in [0, 0.1) is 5.41 Å². The molecule has 1 aliphatic rings. The third-order valence-electron chi connectivity index (χ3n) is 5.61. The molecule has 2 aromatic rings. The third kappa shape index (κ3) is 4.88. The molecule has 1 heterocycles. The van der Waals surface area contributed by atoms with Crippen molar-refractivity contribution in [3.05, 3.63) is 35.5 Å². The second-order valence-corrected chi connectivity index (χ2v) is 8.81. The van der Waals surface area contributed by atoms with Crippen molar-refractivity contribution >= 4 is 22.4 Å². The highest BCUT2D eigenvalue weighted by Crippen LogP contribution is 2.39. The molecule has 0 saturated carbocycles. The maximum absolute atomic E-state index is 12.9. The average molecular weight is 367 g/mol. The molecule has 0 atom stereocenters. The molecular formula is C24H34N2O. The first-order valence-corrected chi connectivity index (χ1v) is 10.7. The minimum absolute atomic E-state index is 0.00466. The topological polar surface area (TPSA) is 42.0 Å². The fraction of sp³-hybridized carbons (Fsp3) is 0.583. The van der Waals surface area contributed by atoms with Crippen molar-refractivity contribution in [1.29, 1.82) is 0 Å². The number of hydrogen-bond donors (Lipinski definition) is 1. The van der Waals surface area contributed by atoms with Gasteiger partial charge in [0.05, 0.1) is 22.5 Å². The number of pyridine rings is 1. The molecule has 1 aliphatic carbocycles. The standard InChI is InChI=1S/C24H34N2O/c1-4-5-6-7-8-9-12-15-25-23-18-13-10-11-14-19(18)26-20-16-24(2,3)17-21(27)22(20)23/h10-11,13-14H,4-9,12,15-17H2,1-3H3,(H,25,26). The first kappa shape index (κ1) is 19.9. The number of hydrogen-bond acceptors (Lipinski definition) is 3. The number of fused-ring (bicyclic) bond motifs is 2. The normalized spacial score (nSPS) is 15.7. The Morgan fingerprint density at radius 3 is 2.48 bits per heavy atom. The summed E-state index contributed by atoms with van der Waals surface area (Å²) >= 11 is 0. The Balaban J connectivity index is 1.74. The Bertz CT molecular complexity index is 794. The third-order valence-corrected chi connectivity index (χ3v) is 5.61. The summed E-state index contributed by atoms with van der Waals surface area (Å²) in [7, 11) is 0.